The average molecular weight is 378 g/mol. The summed E-state index contributed by atoms with van der Waals surface area (Å²) in [5.41, 5.74) is 0.616. The molecule has 1 fully saturated rings. The largest absolute Gasteiger partial charge is 0.491 e. The molecule has 1 aliphatic heterocycles. The summed E-state index contributed by atoms with van der Waals surface area (Å²) in [4.78, 5) is 14.4. The van der Waals surface area contributed by atoms with Crippen LogP contribution in [0.3, 0.4) is 0 Å². The Balaban J connectivity index is 0.00000264. The number of hydrogen-bond acceptors (Lipinski definition) is 4. The standard InChI is InChI=1S/C17H27N3O2.2ClH/c1-20(2)11-12-22-16-6-4-3-5-15(16)17(21)19-10-8-14-7-9-18-13-14;;/h3-6,14,18H,7-13H2,1-2H3,(H,19,21);2*1H. The van der Waals surface area contributed by atoms with Crippen LogP contribution >= 0.6 is 24.8 Å². The molecule has 0 spiro atoms. The molecule has 2 N–H and O–H groups in total. The number of nitrogens with one attached hydrogen (secondary N) is 2. The van der Waals surface area contributed by atoms with Gasteiger partial charge in [0, 0.05) is 13.1 Å². The number of benzene rings is 1. The van der Waals surface area contributed by atoms with Crippen molar-refractivity contribution < 1.29 is 9.53 Å². The van der Waals surface area contributed by atoms with Gasteiger partial charge < -0.3 is 20.3 Å². The van der Waals surface area contributed by atoms with Crippen molar-refractivity contribution in [3.63, 3.8) is 0 Å². The number of nitrogens with zero attached hydrogens (tertiary/aromatic N) is 1. The molecular formula is C17H29Cl2N3O2. The minimum absolute atomic E-state index is 0. The molecule has 1 aromatic carbocycles. The molecule has 0 aromatic heterocycles. The number of para-hydroxylation sites is 1. The second kappa shape index (κ2) is 12.4. The molecule has 138 valence electrons. The van der Waals surface area contributed by atoms with Crippen molar-refractivity contribution in [3.8, 4) is 5.75 Å². The van der Waals surface area contributed by atoms with Crippen LogP contribution in [0.25, 0.3) is 0 Å². The lowest BCUT2D eigenvalue weighted by Gasteiger charge is -2.14. The Morgan fingerprint density at radius 1 is 1.33 bits per heavy atom. The van der Waals surface area contributed by atoms with Gasteiger partial charge in [0.2, 0.25) is 0 Å². The Bertz CT molecular complexity index is 481. The van der Waals surface area contributed by atoms with Gasteiger partial charge in [-0.15, -0.1) is 24.8 Å². The number of hydrogen-bond donors (Lipinski definition) is 2. The monoisotopic (exact) mass is 377 g/mol. The molecule has 0 saturated carbocycles. The van der Waals surface area contributed by atoms with Gasteiger partial charge in [-0.2, -0.15) is 0 Å². The van der Waals surface area contributed by atoms with Crippen molar-refractivity contribution in [1.82, 2.24) is 15.5 Å². The summed E-state index contributed by atoms with van der Waals surface area (Å²) in [6.45, 7) is 4.29. The van der Waals surface area contributed by atoms with Crippen molar-refractivity contribution in [2.45, 2.75) is 12.8 Å². The average Bonchev–Trinajstić information content (AvgIpc) is 3.00. The quantitative estimate of drug-likeness (QED) is 0.728. The second-order valence-electron chi connectivity index (χ2n) is 6.05. The fourth-order valence-corrected chi connectivity index (χ4v) is 2.56. The second-order valence-corrected chi connectivity index (χ2v) is 6.05. The van der Waals surface area contributed by atoms with Gasteiger partial charge in [-0.25, -0.2) is 0 Å². The fourth-order valence-electron chi connectivity index (χ4n) is 2.56. The molecule has 1 unspecified atom stereocenters. The lowest BCUT2D eigenvalue weighted by Crippen LogP contribution is -2.27. The number of likely N-dealkylation sites (N-methyl/N-ethyl adjacent to an activating group) is 1. The Labute approximate surface area is 157 Å². The van der Waals surface area contributed by atoms with E-state index < -0.39 is 0 Å². The molecule has 1 aliphatic rings. The summed E-state index contributed by atoms with van der Waals surface area (Å²) in [5, 5.41) is 6.36. The van der Waals surface area contributed by atoms with Crippen LogP contribution in [0.1, 0.15) is 23.2 Å². The van der Waals surface area contributed by atoms with E-state index in [0.29, 0.717) is 23.8 Å². The molecule has 0 radical (unpaired) electrons. The van der Waals surface area contributed by atoms with Crippen LogP contribution in [0.4, 0.5) is 0 Å². The molecule has 5 nitrogen and oxygen atoms in total. The first kappa shape index (κ1) is 23.0. The molecule has 1 atom stereocenters. The molecule has 0 bridgehead atoms. The maximum Gasteiger partial charge on any atom is 0.255 e. The first-order valence-electron chi connectivity index (χ1n) is 8.02. The molecule has 1 saturated heterocycles. The maximum atomic E-state index is 12.3. The number of carbonyl (C=O) groups is 1. The number of carbonyl (C=O) groups excluding carboxylic acids is 1. The van der Waals surface area contributed by atoms with Gasteiger partial charge >= 0.3 is 0 Å². The zero-order valence-corrected chi connectivity index (χ0v) is 16.0. The van der Waals surface area contributed by atoms with Crippen molar-refractivity contribution in [1.29, 1.82) is 0 Å². The van der Waals surface area contributed by atoms with Gasteiger partial charge in [0.1, 0.15) is 12.4 Å². The maximum absolute atomic E-state index is 12.3. The first-order valence-corrected chi connectivity index (χ1v) is 8.02. The van der Waals surface area contributed by atoms with E-state index in [1.807, 2.05) is 38.4 Å². The van der Waals surface area contributed by atoms with Gasteiger partial charge in [0.25, 0.3) is 5.91 Å². The molecule has 2 rings (SSSR count). The van der Waals surface area contributed by atoms with Gasteiger partial charge in [0.05, 0.1) is 5.56 Å². The Morgan fingerprint density at radius 3 is 2.75 bits per heavy atom. The SMILES string of the molecule is CN(C)CCOc1ccccc1C(=O)NCCC1CCNC1.Cl.Cl. The Hall–Kier alpha value is -1.01. The predicted molar refractivity (Wildman–Crippen MR) is 103 cm³/mol. The van der Waals surface area contributed by atoms with Crippen LogP contribution in [-0.4, -0.2) is 57.7 Å². The van der Waals surface area contributed by atoms with Gasteiger partial charge in [-0.05, 0) is 58.1 Å². The van der Waals surface area contributed by atoms with E-state index in [1.54, 1.807) is 0 Å². The molecule has 0 aliphatic carbocycles. The summed E-state index contributed by atoms with van der Waals surface area (Å²) in [6.07, 6.45) is 2.24. The number of amides is 1. The summed E-state index contributed by atoms with van der Waals surface area (Å²) in [7, 11) is 4.00. The Morgan fingerprint density at radius 2 is 2.08 bits per heavy atom. The van der Waals surface area contributed by atoms with Crippen molar-refractivity contribution in [2.24, 2.45) is 5.92 Å². The molecule has 1 heterocycles. The van der Waals surface area contributed by atoms with E-state index in [4.69, 9.17) is 4.74 Å². The van der Waals surface area contributed by atoms with Crippen LogP contribution in [0.2, 0.25) is 0 Å². The summed E-state index contributed by atoms with van der Waals surface area (Å²) < 4.78 is 5.74. The van der Waals surface area contributed by atoms with Crippen LogP contribution < -0.4 is 15.4 Å². The molecule has 1 aromatic rings. The Kier molecular flexibility index (Phi) is 11.8. The molecule has 1 amide bonds. The smallest absolute Gasteiger partial charge is 0.255 e. The third kappa shape index (κ3) is 7.71. The molecular weight excluding hydrogens is 349 g/mol. The lowest BCUT2D eigenvalue weighted by molar-refractivity contribution is 0.0947. The van der Waals surface area contributed by atoms with Crippen molar-refractivity contribution in [2.75, 3.05) is 46.9 Å². The van der Waals surface area contributed by atoms with E-state index in [0.717, 1.165) is 32.6 Å². The third-order valence-electron chi connectivity index (χ3n) is 3.93. The third-order valence-corrected chi connectivity index (χ3v) is 3.93. The predicted octanol–water partition coefficient (Wildman–Crippen LogP) is 2.20. The minimum atomic E-state index is -0.0496. The number of ether oxygens (including phenoxy) is 1. The highest BCUT2D eigenvalue weighted by atomic mass is 35.5. The zero-order chi connectivity index (χ0) is 15.8. The van der Waals surface area contributed by atoms with Crippen molar-refractivity contribution >= 4 is 30.7 Å². The van der Waals surface area contributed by atoms with Gasteiger partial charge in [0.15, 0.2) is 0 Å². The van der Waals surface area contributed by atoms with Crippen LogP contribution in [0.5, 0.6) is 5.75 Å². The number of rotatable bonds is 8. The zero-order valence-electron chi connectivity index (χ0n) is 14.4. The van der Waals surface area contributed by atoms with Gasteiger partial charge in [-0.1, -0.05) is 12.1 Å². The van der Waals surface area contributed by atoms with Crippen molar-refractivity contribution in [3.05, 3.63) is 29.8 Å². The molecule has 24 heavy (non-hydrogen) atoms. The van der Waals surface area contributed by atoms with E-state index in [-0.39, 0.29) is 30.7 Å². The fraction of sp³-hybridized carbons (Fsp3) is 0.588. The summed E-state index contributed by atoms with van der Waals surface area (Å²) in [6, 6.07) is 7.43. The first-order chi connectivity index (χ1) is 10.7. The van der Waals surface area contributed by atoms with Crippen LogP contribution in [-0.2, 0) is 0 Å². The number of halogens is 2. The lowest BCUT2D eigenvalue weighted by atomic mass is 10.1. The van der Waals surface area contributed by atoms with E-state index in [2.05, 4.69) is 15.5 Å². The van der Waals surface area contributed by atoms with E-state index in [9.17, 15) is 4.79 Å². The molecule has 7 heteroatoms. The van der Waals surface area contributed by atoms with Crippen LogP contribution in [0, 0.1) is 5.92 Å². The normalized spacial score (nSPS) is 16.2. The highest BCUT2D eigenvalue weighted by Crippen LogP contribution is 2.18. The highest BCUT2D eigenvalue weighted by Gasteiger charge is 2.16. The topological polar surface area (TPSA) is 53.6 Å². The van der Waals surface area contributed by atoms with Gasteiger partial charge in [-0.3, -0.25) is 4.79 Å². The van der Waals surface area contributed by atoms with E-state index >= 15 is 0 Å². The summed E-state index contributed by atoms with van der Waals surface area (Å²) in [5.74, 6) is 1.29. The van der Waals surface area contributed by atoms with Crippen LogP contribution in [0.15, 0.2) is 24.3 Å². The highest BCUT2D eigenvalue weighted by molar-refractivity contribution is 5.96. The summed E-state index contributed by atoms with van der Waals surface area (Å²) >= 11 is 0. The van der Waals surface area contributed by atoms with E-state index in [1.165, 1.54) is 6.42 Å². The minimum Gasteiger partial charge on any atom is -0.491 e.